The first-order valence-electron chi connectivity index (χ1n) is 6.66. The van der Waals surface area contributed by atoms with E-state index in [2.05, 4.69) is 0 Å². The molecular weight excluding hydrogens is 315 g/mol. The smallest absolute Gasteiger partial charge is 0.333 e. The predicted molar refractivity (Wildman–Crippen MR) is 84.6 cm³/mol. The highest BCUT2D eigenvalue weighted by Gasteiger charge is 2.48. The van der Waals surface area contributed by atoms with E-state index < -0.39 is 31.4 Å². The number of rotatable bonds is 6. The van der Waals surface area contributed by atoms with Gasteiger partial charge >= 0.3 is 11.9 Å². The van der Waals surface area contributed by atoms with Gasteiger partial charge in [0, 0.05) is 5.82 Å². The van der Waals surface area contributed by atoms with Gasteiger partial charge in [-0.05, 0) is 11.1 Å². The molecule has 0 saturated carbocycles. The Morgan fingerprint density at radius 1 is 0.870 bits per heavy atom. The zero-order valence-electron chi connectivity index (χ0n) is 11.9. The van der Waals surface area contributed by atoms with Crippen molar-refractivity contribution < 1.29 is 24.4 Å². The summed E-state index contributed by atoms with van der Waals surface area (Å²) in [5, 5.41) is 19.5. The molecule has 0 atom stereocenters. The lowest BCUT2D eigenvalue weighted by Crippen LogP contribution is -2.41. The zero-order valence-corrected chi connectivity index (χ0v) is 12.8. The van der Waals surface area contributed by atoms with Gasteiger partial charge in [0.2, 0.25) is 0 Å². The molecule has 0 aromatic heterocycles. The van der Waals surface area contributed by atoms with Gasteiger partial charge in [0.15, 0.2) is 8.46 Å². The molecule has 2 aromatic carbocycles. The lowest BCUT2D eigenvalue weighted by Gasteiger charge is -2.31. The SMILES string of the molecule is O=PC=C(C(=O)O)C(C(=O)O)(c1ccccc1)c1ccccc1. The summed E-state index contributed by atoms with van der Waals surface area (Å²) in [6.07, 6.45) is 0. The average Bonchev–Trinajstić information content (AvgIpc) is 2.56. The van der Waals surface area contributed by atoms with Crippen LogP contribution in [-0.4, -0.2) is 22.2 Å². The van der Waals surface area contributed by atoms with Crippen molar-refractivity contribution in [1.29, 1.82) is 0 Å². The number of aliphatic carboxylic acids is 2. The Morgan fingerprint density at radius 3 is 1.61 bits per heavy atom. The Morgan fingerprint density at radius 2 is 1.30 bits per heavy atom. The van der Waals surface area contributed by atoms with Crippen LogP contribution in [0.1, 0.15) is 11.1 Å². The summed E-state index contributed by atoms with van der Waals surface area (Å²) in [6, 6.07) is 16.1. The van der Waals surface area contributed by atoms with Crippen LogP contribution in [0.15, 0.2) is 72.1 Å². The van der Waals surface area contributed by atoms with Crippen LogP contribution in [-0.2, 0) is 19.6 Å². The van der Waals surface area contributed by atoms with E-state index in [1.807, 2.05) is 0 Å². The van der Waals surface area contributed by atoms with Gasteiger partial charge in [-0.1, -0.05) is 60.7 Å². The first-order chi connectivity index (χ1) is 11.0. The first kappa shape index (κ1) is 16.6. The fourth-order valence-corrected chi connectivity index (χ4v) is 2.99. The second-order valence-corrected chi connectivity index (χ2v) is 5.21. The molecule has 6 heteroatoms. The summed E-state index contributed by atoms with van der Waals surface area (Å²) in [7, 11) is -0.577. The molecule has 0 spiro atoms. The Hall–Kier alpha value is -2.78. The molecule has 0 fully saturated rings. The van der Waals surface area contributed by atoms with Gasteiger partial charge in [-0.2, -0.15) is 0 Å². The van der Waals surface area contributed by atoms with Gasteiger partial charge in [-0.15, -0.1) is 0 Å². The Kier molecular flexibility index (Phi) is 5.04. The molecule has 0 aliphatic rings. The van der Waals surface area contributed by atoms with E-state index in [1.54, 1.807) is 60.7 Å². The Bertz CT molecular complexity index is 714. The highest BCUT2D eigenvalue weighted by Crippen LogP contribution is 2.40. The molecule has 0 saturated heterocycles. The quantitative estimate of drug-likeness (QED) is 0.627. The van der Waals surface area contributed by atoms with Crippen LogP contribution in [0.4, 0.5) is 0 Å². The zero-order chi connectivity index (χ0) is 16.9. The van der Waals surface area contributed by atoms with Crippen molar-refractivity contribution in [2.24, 2.45) is 0 Å². The van der Waals surface area contributed by atoms with Crippen molar-refractivity contribution in [3.8, 4) is 0 Å². The molecule has 0 aliphatic carbocycles. The molecule has 116 valence electrons. The summed E-state index contributed by atoms with van der Waals surface area (Å²) < 4.78 is 11.0. The van der Waals surface area contributed by atoms with Crippen LogP contribution >= 0.6 is 8.46 Å². The van der Waals surface area contributed by atoms with Gasteiger partial charge in [0.1, 0.15) is 5.41 Å². The maximum absolute atomic E-state index is 12.2. The minimum absolute atomic E-state index is 0.274. The fourth-order valence-electron chi connectivity index (χ4n) is 2.58. The van der Waals surface area contributed by atoms with Crippen molar-refractivity contribution in [3.63, 3.8) is 0 Å². The number of benzene rings is 2. The van der Waals surface area contributed by atoms with Gasteiger partial charge < -0.3 is 10.2 Å². The molecule has 2 N–H and O–H groups in total. The van der Waals surface area contributed by atoms with E-state index in [0.29, 0.717) is 0 Å². The summed E-state index contributed by atoms with van der Waals surface area (Å²) in [6.45, 7) is 0. The summed E-state index contributed by atoms with van der Waals surface area (Å²) in [5.41, 5.74) is -1.88. The number of carboxylic acids is 2. The van der Waals surface area contributed by atoms with E-state index in [1.165, 1.54) is 0 Å². The predicted octanol–water partition coefficient (Wildman–Crippen LogP) is 3.32. The summed E-state index contributed by atoms with van der Waals surface area (Å²) in [4.78, 5) is 23.9. The Balaban J connectivity index is 2.93. The van der Waals surface area contributed by atoms with Crippen LogP contribution in [0.25, 0.3) is 0 Å². The minimum atomic E-state index is -1.95. The average molecular weight is 328 g/mol. The van der Waals surface area contributed by atoms with Crippen molar-refractivity contribution in [2.75, 3.05) is 0 Å². The highest BCUT2D eigenvalue weighted by molar-refractivity contribution is 7.27. The maximum Gasteiger partial charge on any atom is 0.333 e. The number of carboxylic acid groups (broad SMARTS) is 2. The molecule has 0 heterocycles. The molecule has 0 radical (unpaired) electrons. The van der Waals surface area contributed by atoms with Crippen molar-refractivity contribution >= 4 is 20.4 Å². The van der Waals surface area contributed by atoms with Crippen molar-refractivity contribution in [2.45, 2.75) is 5.41 Å². The molecular formula is C17H13O5P. The van der Waals surface area contributed by atoms with Gasteiger partial charge in [0.05, 0.1) is 5.57 Å². The Labute approximate surface area is 134 Å². The fraction of sp³-hybridized carbons (Fsp3) is 0.0588. The molecule has 0 bridgehead atoms. The number of hydrogen-bond acceptors (Lipinski definition) is 3. The minimum Gasteiger partial charge on any atom is -0.480 e. The van der Waals surface area contributed by atoms with Gasteiger partial charge in [-0.25, -0.2) is 4.79 Å². The number of carbonyl (C=O) groups is 2. The summed E-state index contributed by atoms with van der Waals surface area (Å²) in [5.74, 6) is -1.91. The third kappa shape index (κ3) is 2.91. The topological polar surface area (TPSA) is 91.7 Å². The lowest BCUT2D eigenvalue weighted by atomic mass is 9.69. The molecule has 2 aromatic rings. The van der Waals surface area contributed by atoms with Gasteiger partial charge in [-0.3, -0.25) is 9.36 Å². The third-order valence-electron chi connectivity index (χ3n) is 3.55. The normalized spacial score (nSPS) is 12.1. The van der Waals surface area contributed by atoms with E-state index >= 15 is 0 Å². The van der Waals surface area contributed by atoms with E-state index in [4.69, 9.17) is 0 Å². The van der Waals surface area contributed by atoms with Gasteiger partial charge in [0.25, 0.3) is 0 Å². The third-order valence-corrected chi connectivity index (χ3v) is 3.91. The molecule has 23 heavy (non-hydrogen) atoms. The van der Waals surface area contributed by atoms with E-state index in [0.717, 1.165) is 5.82 Å². The molecule has 2 rings (SSSR count). The van der Waals surface area contributed by atoms with E-state index in [-0.39, 0.29) is 11.1 Å². The van der Waals surface area contributed by atoms with Crippen molar-refractivity contribution in [3.05, 3.63) is 83.2 Å². The lowest BCUT2D eigenvalue weighted by molar-refractivity contribution is -0.144. The number of hydrogen-bond donors (Lipinski definition) is 2. The maximum atomic E-state index is 12.2. The molecule has 0 aliphatic heterocycles. The van der Waals surface area contributed by atoms with Crippen LogP contribution in [0.2, 0.25) is 0 Å². The van der Waals surface area contributed by atoms with Crippen LogP contribution < -0.4 is 0 Å². The first-order valence-corrected chi connectivity index (χ1v) is 7.54. The monoisotopic (exact) mass is 328 g/mol. The van der Waals surface area contributed by atoms with Crippen LogP contribution in [0.3, 0.4) is 0 Å². The second-order valence-electron chi connectivity index (χ2n) is 4.74. The highest BCUT2D eigenvalue weighted by atomic mass is 31.1. The second kappa shape index (κ2) is 6.99. The molecule has 0 amide bonds. The van der Waals surface area contributed by atoms with Crippen LogP contribution in [0, 0.1) is 0 Å². The largest absolute Gasteiger partial charge is 0.480 e. The van der Waals surface area contributed by atoms with Crippen molar-refractivity contribution in [1.82, 2.24) is 0 Å². The van der Waals surface area contributed by atoms with Crippen LogP contribution in [0.5, 0.6) is 0 Å². The molecule has 5 nitrogen and oxygen atoms in total. The summed E-state index contributed by atoms with van der Waals surface area (Å²) >= 11 is 0. The standard InChI is InChI=1S/C17H13O5P/c18-15(19)14(11-23-22)17(16(20)21,12-7-3-1-4-8-12)13-9-5-2-6-10-13/h1-11H,(H,18,19)(H,20,21). The molecule has 0 unspecified atom stereocenters. The van der Waals surface area contributed by atoms with E-state index in [9.17, 15) is 24.4 Å².